The number of para-hydroxylation sites is 1. The summed E-state index contributed by atoms with van der Waals surface area (Å²) < 4.78 is 40.3. The number of carbonyl (C=O) groups is 1. The third-order valence-corrected chi connectivity index (χ3v) is 6.50. The Hall–Kier alpha value is -3.58. The van der Waals surface area contributed by atoms with Gasteiger partial charge in [0.15, 0.2) is 11.6 Å². The van der Waals surface area contributed by atoms with Gasteiger partial charge in [-0.15, -0.1) is 5.10 Å². The molecule has 3 N–H and O–H groups in total. The number of hydroxylamine groups is 2. The van der Waals surface area contributed by atoms with Crippen molar-refractivity contribution in [1.82, 2.24) is 25.5 Å². The van der Waals surface area contributed by atoms with Crippen LogP contribution in [-0.4, -0.2) is 72.9 Å². The highest BCUT2D eigenvalue weighted by Gasteiger charge is 2.37. The molecule has 0 spiro atoms. The fraction of sp³-hybridized carbons (Fsp3) is 0.385. The summed E-state index contributed by atoms with van der Waals surface area (Å²) in [6, 6.07) is 11.9. The largest absolute Gasteiger partial charge is 0.470 e. The number of anilines is 1. The number of carbonyl (C=O) groups excluding carboxylic acids is 1. The van der Waals surface area contributed by atoms with Crippen LogP contribution in [0.4, 0.5) is 19.4 Å². The molecule has 12 heteroatoms. The number of benzene rings is 2. The first-order chi connectivity index (χ1) is 18.4. The summed E-state index contributed by atoms with van der Waals surface area (Å²) in [5, 5.41) is 15.2. The first-order valence-electron chi connectivity index (χ1n) is 12.4. The van der Waals surface area contributed by atoms with Crippen LogP contribution >= 0.6 is 0 Å². The fourth-order valence-corrected chi connectivity index (χ4v) is 4.34. The molecule has 0 aliphatic carbocycles. The quantitative estimate of drug-likeness (QED) is 0.393. The van der Waals surface area contributed by atoms with Crippen LogP contribution in [0.15, 0.2) is 48.5 Å². The summed E-state index contributed by atoms with van der Waals surface area (Å²) in [4.78, 5) is 19.2. The van der Waals surface area contributed by atoms with Crippen molar-refractivity contribution in [2.45, 2.75) is 25.2 Å². The molecule has 2 fully saturated rings. The molecule has 1 aromatic heterocycles. The molecule has 2 aliphatic rings. The number of ether oxygens (including phenoxy) is 2. The standard InChI is InChI=1S/C26H30F2N6O4/c1-16-24(34(18-6-4-3-5-7-18)32-25(16)37-19-13-29-14-19)31-26(35)30-22-15-33(10-11-36-2)38-23(22)17-8-9-20(27)21(28)12-17/h3-9,12,19,22-23,29H,10-11,13-15H2,1-2H3,(H2,30,31,35)/t22-,23+/m1/s1. The topological polar surface area (TPSA) is 102 Å². The van der Waals surface area contributed by atoms with E-state index in [9.17, 15) is 13.6 Å². The zero-order chi connectivity index (χ0) is 26.6. The Morgan fingerprint density at radius 1 is 1.18 bits per heavy atom. The summed E-state index contributed by atoms with van der Waals surface area (Å²) in [6.45, 7) is 4.45. The minimum Gasteiger partial charge on any atom is -0.470 e. The van der Waals surface area contributed by atoms with E-state index in [0.717, 1.165) is 30.9 Å². The second kappa shape index (κ2) is 11.4. The van der Waals surface area contributed by atoms with Crippen molar-refractivity contribution in [2.24, 2.45) is 0 Å². The minimum absolute atomic E-state index is 0.0140. The average molecular weight is 529 g/mol. The lowest BCUT2D eigenvalue weighted by molar-refractivity contribution is -0.154. The van der Waals surface area contributed by atoms with Gasteiger partial charge in [0, 0.05) is 33.3 Å². The van der Waals surface area contributed by atoms with Crippen molar-refractivity contribution in [3.05, 3.63) is 71.3 Å². The van der Waals surface area contributed by atoms with Gasteiger partial charge in [-0.05, 0) is 36.8 Å². The molecule has 0 unspecified atom stereocenters. The van der Waals surface area contributed by atoms with Gasteiger partial charge in [0.25, 0.3) is 0 Å². The lowest BCUT2D eigenvalue weighted by Gasteiger charge is -2.26. The highest BCUT2D eigenvalue weighted by Crippen LogP contribution is 2.32. The number of aromatic nitrogens is 2. The molecule has 2 atom stereocenters. The second-order valence-electron chi connectivity index (χ2n) is 9.21. The number of amides is 2. The van der Waals surface area contributed by atoms with Crippen molar-refractivity contribution in [1.29, 1.82) is 0 Å². The van der Waals surface area contributed by atoms with Crippen LogP contribution in [-0.2, 0) is 9.57 Å². The number of methoxy groups -OCH3 is 1. The maximum atomic E-state index is 14.0. The highest BCUT2D eigenvalue weighted by molar-refractivity contribution is 5.90. The number of hydrogen-bond acceptors (Lipinski definition) is 7. The molecule has 0 bridgehead atoms. The van der Waals surface area contributed by atoms with Gasteiger partial charge in [-0.2, -0.15) is 5.06 Å². The van der Waals surface area contributed by atoms with E-state index in [-0.39, 0.29) is 6.10 Å². The maximum absolute atomic E-state index is 14.0. The van der Waals surface area contributed by atoms with E-state index in [1.165, 1.54) is 6.07 Å². The van der Waals surface area contributed by atoms with Crippen molar-refractivity contribution in [3.63, 3.8) is 0 Å². The van der Waals surface area contributed by atoms with Gasteiger partial charge in [-0.25, -0.2) is 18.3 Å². The normalized spacial score (nSPS) is 19.8. The Balaban J connectivity index is 1.37. The number of hydrogen-bond donors (Lipinski definition) is 3. The lowest BCUT2D eigenvalue weighted by Crippen LogP contribution is -2.50. The lowest BCUT2D eigenvalue weighted by atomic mass is 10.0. The summed E-state index contributed by atoms with van der Waals surface area (Å²) in [5.74, 6) is -1.05. The third-order valence-electron chi connectivity index (χ3n) is 6.50. The van der Waals surface area contributed by atoms with Crippen molar-refractivity contribution >= 4 is 11.8 Å². The average Bonchev–Trinajstić information content (AvgIpc) is 3.43. The van der Waals surface area contributed by atoms with Crippen LogP contribution in [0.5, 0.6) is 5.88 Å². The maximum Gasteiger partial charge on any atom is 0.320 e. The molecule has 3 heterocycles. The summed E-state index contributed by atoms with van der Waals surface area (Å²) in [7, 11) is 1.57. The van der Waals surface area contributed by atoms with Gasteiger partial charge in [-0.3, -0.25) is 10.2 Å². The predicted molar refractivity (Wildman–Crippen MR) is 135 cm³/mol. The minimum atomic E-state index is -0.985. The van der Waals surface area contributed by atoms with Crippen LogP contribution in [0.2, 0.25) is 0 Å². The molecule has 2 saturated heterocycles. The Morgan fingerprint density at radius 2 is 1.97 bits per heavy atom. The molecular weight excluding hydrogens is 498 g/mol. The van der Waals surface area contributed by atoms with Gasteiger partial charge in [0.1, 0.15) is 18.0 Å². The SMILES string of the molecule is COCCN1C[C@@H](NC(=O)Nc2c(C)c(OC3CNC3)nn2-c2ccccc2)[C@H](c2ccc(F)c(F)c2)O1. The molecule has 0 radical (unpaired) electrons. The van der Waals surface area contributed by atoms with Crippen molar-refractivity contribution in [2.75, 3.05) is 45.2 Å². The van der Waals surface area contributed by atoms with Crippen LogP contribution < -0.4 is 20.7 Å². The van der Waals surface area contributed by atoms with Crippen LogP contribution in [0.1, 0.15) is 17.2 Å². The Kier molecular flexibility index (Phi) is 7.84. The van der Waals surface area contributed by atoms with E-state index in [1.54, 1.807) is 16.9 Å². The van der Waals surface area contributed by atoms with E-state index in [4.69, 9.17) is 14.3 Å². The first-order valence-corrected chi connectivity index (χ1v) is 12.4. The molecule has 202 valence electrons. The van der Waals surface area contributed by atoms with Gasteiger partial charge >= 0.3 is 6.03 Å². The smallest absolute Gasteiger partial charge is 0.320 e. The molecule has 0 saturated carbocycles. The third kappa shape index (κ3) is 5.63. The second-order valence-corrected chi connectivity index (χ2v) is 9.21. The van der Waals surface area contributed by atoms with Crippen molar-refractivity contribution in [3.8, 4) is 11.6 Å². The summed E-state index contributed by atoms with van der Waals surface area (Å²) in [5.41, 5.74) is 1.84. The zero-order valence-corrected chi connectivity index (χ0v) is 21.1. The van der Waals surface area contributed by atoms with Crippen LogP contribution in [0, 0.1) is 18.6 Å². The summed E-state index contributed by atoms with van der Waals surface area (Å²) >= 11 is 0. The number of nitrogens with one attached hydrogen (secondary N) is 3. The van der Waals surface area contributed by atoms with E-state index < -0.39 is 29.8 Å². The fourth-order valence-electron chi connectivity index (χ4n) is 4.34. The van der Waals surface area contributed by atoms with Crippen molar-refractivity contribution < 1.29 is 27.9 Å². The molecule has 10 nitrogen and oxygen atoms in total. The molecule has 3 aromatic rings. The molecule has 5 rings (SSSR count). The number of rotatable bonds is 9. The van der Waals surface area contributed by atoms with E-state index in [2.05, 4.69) is 21.0 Å². The molecule has 2 aliphatic heterocycles. The van der Waals surface area contributed by atoms with Gasteiger partial charge in [0.2, 0.25) is 5.88 Å². The Bertz CT molecular complexity index is 1270. The predicted octanol–water partition coefficient (Wildman–Crippen LogP) is 2.93. The molecule has 2 amide bonds. The Morgan fingerprint density at radius 3 is 2.66 bits per heavy atom. The molecule has 2 aromatic carbocycles. The number of urea groups is 1. The van der Waals surface area contributed by atoms with Crippen LogP contribution in [0.3, 0.4) is 0 Å². The van der Waals surface area contributed by atoms with Crippen LogP contribution in [0.25, 0.3) is 5.69 Å². The van der Waals surface area contributed by atoms with Gasteiger partial charge < -0.3 is 20.1 Å². The van der Waals surface area contributed by atoms with E-state index in [1.807, 2.05) is 37.3 Å². The summed E-state index contributed by atoms with van der Waals surface area (Å²) in [6.07, 6.45) is -0.710. The first kappa shape index (κ1) is 26.0. The molecule has 38 heavy (non-hydrogen) atoms. The van der Waals surface area contributed by atoms with Gasteiger partial charge in [-0.1, -0.05) is 24.3 Å². The number of halogens is 2. The highest BCUT2D eigenvalue weighted by atomic mass is 19.2. The van der Waals surface area contributed by atoms with E-state index >= 15 is 0 Å². The zero-order valence-electron chi connectivity index (χ0n) is 21.1. The monoisotopic (exact) mass is 528 g/mol. The molecular formula is C26H30F2N6O4. The Labute approximate surface area is 218 Å². The number of nitrogens with zero attached hydrogens (tertiary/aromatic N) is 3. The van der Waals surface area contributed by atoms with Gasteiger partial charge in [0.05, 0.1) is 23.9 Å². The van der Waals surface area contributed by atoms with E-state index in [0.29, 0.717) is 42.5 Å².